The third-order valence-electron chi connectivity index (χ3n) is 6.37. The Morgan fingerprint density at radius 3 is 2.08 bits per heavy atom. The number of hydrogen-bond acceptors (Lipinski definition) is 4. The van der Waals surface area contributed by atoms with Crippen LogP contribution in [-0.4, -0.2) is 47.2 Å². The number of carboxylic acid groups (broad SMARTS) is 1. The first-order chi connectivity index (χ1) is 17.5. The molecular weight excluding hydrogens is 456 g/mol. The number of nitrogens with zero attached hydrogens (tertiary/aromatic N) is 1. The smallest absolute Gasteiger partial charge is 0.407 e. The molecule has 3 aromatic carbocycles. The fraction of sp³-hybridized carbons (Fsp3) is 0.276. The Morgan fingerprint density at radius 1 is 0.917 bits per heavy atom. The van der Waals surface area contributed by atoms with E-state index < -0.39 is 30.6 Å². The highest BCUT2D eigenvalue weighted by molar-refractivity contribution is 5.88. The number of benzene rings is 3. The van der Waals surface area contributed by atoms with Crippen molar-refractivity contribution in [3.63, 3.8) is 0 Å². The molecule has 0 heterocycles. The summed E-state index contributed by atoms with van der Waals surface area (Å²) in [5, 5.41) is 12.0. The highest BCUT2D eigenvalue weighted by atomic mass is 16.5. The van der Waals surface area contributed by atoms with Crippen molar-refractivity contribution in [3.05, 3.63) is 95.6 Å². The summed E-state index contributed by atoms with van der Waals surface area (Å²) in [5.41, 5.74) is 5.27. The van der Waals surface area contributed by atoms with Gasteiger partial charge in [0, 0.05) is 12.5 Å². The topological polar surface area (TPSA) is 95.9 Å². The number of carbonyl (C=O) groups is 3. The van der Waals surface area contributed by atoms with Crippen LogP contribution in [0, 0.1) is 0 Å². The molecule has 0 unspecified atom stereocenters. The predicted octanol–water partition coefficient (Wildman–Crippen LogP) is 4.81. The summed E-state index contributed by atoms with van der Waals surface area (Å²) >= 11 is 0. The molecule has 2 amide bonds. The number of hydrogen-bond donors (Lipinski definition) is 2. The van der Waals surface area contributed by atoms with Gasteiger partial charge >= 0.3 is 12.1 Å². The third kappa shape index (κ3) is 5.74. The van der Waals surface area contributed by atoms with Crippen LogP contribution >= 0.6 is 0 Å². The minimum atomic E-state index is -1.12. The lowest BCUT2D eigenvalue weighted by atomic mass is 9.98. The molecule has 0 aliphatic heterocycles. The van der Waals surface area contributed by atoms with E-state index in [1.54, 1.807) is 0 Å². The van der Waals surface area contributed by atoms with E-state index in [9.17, 15) is 19.5 Å². The second kappa shape index (κ2) is 11.5. The fourth-order valence-corrected chi connectivity index (χ4v) is 4.73. The zero-order valence-electron chi connectivity index (χ0n) is 20.2. The van der Waals surface area contributed by atoms with Gasteiger partial charge in [-0.25, -0.2) is 4.79 Å². The van der Waals surface area contributed by atoms with E-state index >= 15 is 0 Å². The summed E-state index contributed by atoms with van der Waals surface area (Å²) in [4.78, 5) is 38.8. The highest BCUT2D eigenvalue weighted by Gasteiger charge is 2.31. The highest BCUT2D eigenvalue weighted by Crippen LogP contribution is 2.44. The van der Waals surface area contributed by atoms with Gasteiger partial charge in [0.05, 0.1) is 0 Å². The van der Waals surface area contributed by atoms with Crippen LogP contribution in [0.3, 0.4) is 0 Å². The largest absolute Gasteiger partial charge is 0.480 e. The van der Waals surface area contributed by atoms with E-state index in [1.165, 1.54) is 4.90 Å². The van der Waals surface area contributed by atoms with Crippen molar-refractivity contribution < 1.29 is 24.2 Å². The van der Waals surface area contributed by atoms with Crippen LogP contribution < -0.4 is 5.32 Å². The summed E-state index contributed by atoms with van der Waals surface area (Å²) in [6, 6.07) is 24.4. The number of nitrogens with one attached hydrogen (secondary N) is 1. The van der Waals surface area contributed by atoms with Crippen molar-refractivity contribution in [3.8, 4) is 11.1 Å². The summed E-state index contributed by atoms with van der Waals surface area (Å²) < 4.78 is 5.61. The van der Waals surface area contributed by atoms with Gasteiger partial charge < -0.3 is 20.1 Å². The van der Waals surface area contributed by atoms with Gasteiger partial charge in [0.25, 0.3) is 0 Å². The van der Waals surface area contributed by atoms with Crippen molar-refractivity contribution >= 4 is 18.0 Å². The van der Waals surface area contributed by atoms with Crippen LogP contribution in [0.2, 0.25) is 0 Å². The average Bonchev–Trinajstić information content (AvgIpc) is 3.20. The quantitative estimate of drug-likeness (QED) is 0.429. The molecule has 3 aromatic rings. The maximum absolute atomic E-state index is 13.3. The van der Waals surface area contributed by atoms with E-state index in [2.05, 4.69) is 17.4 Å². The standard InChI is InChI=1S/C29H30N2O5/c1-2-10-26(28(34)31(18-27(32)33)17-20-11-4-3-5-12-20)30-29(35)36-19-25-23-15-8-6-13-21(23)22-14-7-9-16-24(22)25/h3-9,11-16,25-26H,2,10,17-19H2,1H3,(H,30,35)(H,32,33)/t26-/m1/s1. The van der Waals surface area contributed by atoms with Crippen LogP contribution in [0.25, 0.3) is 11.1 Å². The Morgan fingerprint density at radius 2 is 1.50 bits per heavy atom. The van der Waals surface area contributed by atoms with Gasteiger partial charge in [0.2, 0.25) is 5.91 Å². The summed E-state index contributed by atoms with van der Waals surface area (Å²) in [6.45, 7) is 1.72. The lowest BCUT2D eigenvalue weighted by molar-refractivity contribution is -0.145. The van der Waals surface area contributed by atoms with E-state index in [0.29, 0.717) is 12.8 Å². The molecule has 2 N–H and O–H groups in total. The Balaban J connectivity index is 1.44. The predicted molar refractivity (Wildman–Crippen MR) is 136 cm³/mol. The average molecular weight is 487 g/mol. The number of aliphatic carboxylic acids is 1. The number of fused-ring (bicyclic) bond motifs is 3. The summed E-state index contributed by atoms with van der Waals surface area (Å²) in [5.74, 6) is -1.66. The second-order valence-corrected chi connectivity index (χ2v) is 8.88. The van der Waals surface area contributed by atoms with Crippen LogP contribution in [-0.2, 0) is 20.9 Å². The number of ether oxygens (including phenoxy) is 1. The van der Waals surface area contributed by atoms with Gasteiger partial charge in [-0.05, 0) is 34.2 Å². The molecular formula is C29H30N2O5. The van der Waals surface area contributed by atoms with Crippen LogP contribution in [0.4, 0.5) is 4.79 Å². The fourth-order valence-electron chi connectivity index (χ4n) is 4.73. The molecule has 4 rings (SSSR count). The third-order valence-corrected chi connectivity index (χ3v) is 6.37. The second-order valence-electron chi connectivity index (χ2n) is 8.88. The van der Waals surface area contributed by atoms with Gasteiger partial charge in [-0.15, -0.1) is 0 Å². The van der Waals surface area contributed by atoms with Gasteiger partial charge in [-0.1, -0.05) is 92.2 Å². The number of rotatable bonds is 10. The van der Waals surface area contributed by atoms with E-state index in [1.807, 2.05) is 73.7 Å². The Bertz CT molecular complexity index is 1180. The Kier molecular flexibility index (Phi) is 8.00. The van der Waals surface area contributed by atoms with Crippen molar-refractivity contribution in [2.75, 3.05) is 13.2 Å². The molecule has 186 valence electrons. The molecule has 7 nitrogen and oxygen atoms in total. The lowest BCUT2D eigenvalue weighted by Crippen LogP contribution is -2.49. The molecule has 0 saturated carbocycles. The molecule has 7 heteroatoms. The van der Waals surface area contributed by atoms with Crippen molar-refractivity contribution in [1.82, 2.24) is 10.2 Å². The molecule has 1 aliphatic rings. The Hall–Kier alpha value is -4.13. The zero-order valence-corrected chi connectivity index (χ0v) is 20.2. The van der Waals surface area contributed by atoms with E-state index in [-0.39, 0.29) is 19.1 Å². The number of carbonyl (C=O) groups excluding carboxylic acids is 2. The maximum Gasteiger partial charge on any atom is 0.407 e. The maximum atomic E-state index is 13.3. The van der Waals surface area contributed by atoms with Crippen LogP contribution in [0.5, 0.6) is 0 Å². The molecule has 36 heavy (non-hydrogen) atoms. The molecule has 1 aliphatic carbocycles. The zero-order chi connectivity index (χ0) is 25.5. The van der Waals surface area contributed by atoms with Gasteiger partial charge in [0.15, 0.2) is 0 Å². The first-order valence-electron chi connectivity index (χ1n) is 12.1. The minimum absolute atomic E-state index is 0.0925. The molecule has 0 radical (unpaired) electrons. The monoisotopic (exact) mass is 486 g/mol. The molecule has 1 atom stereocenters. The Labute approximate surface area is 210 Å². The van der Waals surface area contributed by atoms with Gasteiger partial charge in [0.1, 0.15) is 19.2 Å². The number of alkyl carbamates (subject to hydrolysis) is 1. The van der Waals surface area contributed by atoms with Crippen molar-refractivity contribution in [2.45, 2.75) is 38.3 Å². The lowest BCUT2D eigenvalue weighted by Gasteiger charge is -2.26. The minimum Gasteiger partial charge on any atom is -0.480 e. The normalized spacial score (nSPS) is 12.8. The van der Waals surface area contributed by atoms with Gasteiger partial charge in [-0.3, -0.25) is 9.59 Å². The molecule has 0 bridgehead atoms. The van der Waals surface area contributed by atoms with Crippen LogP contribution in [0.15, 0.2) is 78.9 Å². The SMILES string of the molecule is CCC[C@@H](NC(=O)OCC1c2ccccc2-c2ccccc21)C(=O)N(CC(=O)O)Cc1ccccc1. The van der Waals surface area contributed by atoms with Crippen molar-refractivity contribution in [1.29, 1.82) is 0 Å². The van der Waals surface area contributed by atoms with Gasteiger partial charge in [-0.2, -0.15) is 0 Å². The van der Waals surface area contributed by atoms with Crippen molar-refractivity contribution in [2.24, 2.45) is 0 Å². The first kappa shape index (κ1) is 25.0. The van der Waals surface area contributed by atoms with E-state index in [4.69, 9.17) is 4.74 Å². The number of carboxylic acids is 1. The van der Waals surface area contributed by atoms with Crippen LogP contribution in [0.1, 0.15) is 42.4 Å². The summed E-state index contributed by atoms with van der Waals surface area (Å²) in [7, 11) is 0. The molecule has 0 saturated heterocycles. The molecule has 0 spiro atoms. The number of amides is 2. The summed E-state index contributed by atoms with van der Waals surface area (Å²) in [6.07, 6.45) is 0.305. The molecule has 0 aromatic heterocycles. The molecule has 0 fully saturated rings. The van der Waals surface area contributed by atoms with E-state index in [0.717, 1.165) is 27.8 Å². The first-order valence-corrected chi connectivity index (χ1v) is 12.1.